The fourth-order valence-electron chi connectivity index (χ4n) is 3.59. The van der Waals surface area contributed by atoms with E-state index >= 15 is 0 Å². The predicted molar refractivity (Wildman–Crippen MR) is 131 cm³/mol. The van der Waals surface area contributed by atoms with E-state index in [0.29, 0.717) is 43.1 Å². The minimum atomic E-state index is -3.59. The standard InChI is InChI=1S/C26H26N2O6S/c1-19-6-10-21(11-7-19)25(29)27-24-5-3-2-4-23(24)26(30)34-18-20-8-12-22(13-9-20)35(31,32)28-14-16-33-17-15-28/h2-13H,14-18H2,1H3,(H,27,29). The van der Waals surface area contributed by atoms with Crippen LogP contribution in [0, 0.1) is 6.92 Å². The van der Waals surface area contributed by atoms with Gasteiger partial charge in [0.25, 0.3) is 5.91 Å². The molecule has 1 aliphatic heterocycles. The van der Waals surface area contributed by atoms with Crippen LogP contribution in [0.3, 0.4) is 0 Å². The quantitative estimate of drug-likeness (QED) is 0.504. The number of hydrogen-bond donors (Lipinski definition) is 1. The van der Waals surface area contributed by atoms with E-state index < -0.39 is 16.0 Å². The molecule has 4 rings (SSSR count). The minimum Gasteiger partial charge on any atom is -0.457 e. The van der Waals surface area contributed by atoms with Gasteiger partial charge < -0.3 is 14.8 Å². The number of rotatable bonds is 7. The first-order valence-corrected chi connectivity index (χ1v) is 12.6. The predicted octanol–water partition coefficient (Wildman–Crippen LogP) is 3.63. The number of carbonyl (C=O) groups excluding carboxylic acids is 2. The SMILES string of the molecule is Cc1ccc(C(=O)Nc2ccccc2C(=O)OCc2ccc(S(=O)(=O)N3CCOCC3)cc2)cc1. The molecule has 1 saturated heterocycles. The van der Waals surface area contributed by atoms with Crippen LogP contribution in [0.5, 0.6) is 0 Å². The Morgan fingerprint density at radius 1 is 0.943 bits per heavy atom. The van der Waals surface area contributed by atoms with Crippen LogP contribution < -0.4 is 5.32 Å². The lowest BCUT2D eigenvalue weighted by Gasteiger charge is -2.26. The maximum atomic E-state index is 12.7. The largest absolute Gasteiger partial charge is 0.457 e. The zero-order valence-corrected chi connectivity index (χ0v) is 20.1. The van der Waals surface area contributed by atoms with Gasteiger partial charge >= 0.3 is 5.97 Å². The highest BCUT2D eigenvalue weighted by Crippen LogP contribution is 2.20. The van der Waals surface area contributed by atoms with Crippen LogP contribution in [-0.4, -0.2) is 50.9 Å². The third kappa shape index (κ3) is 5.94. The minimum absolute atomic E-state index is 0.0447. The van der Waals surface area contributed by atoms with Crippen molar-refractivity contribution in [1.29, 1.82) is 0 Å². The topological polar surface area (TPSA) is 102 Å². The fraction of sp³-hybridized carbons (Fsp3) is 0.231. The van der Waals surface area contributed by atoms with Crippen LogP contribution in [0.4, 0.5) is 5.69 Å². The third-order valence-electron chi connectivity index (χ3n) is 5.61. The molecule has 0 atom stereocenters. The summed E-state index contributed by atoms with van der Waals surface area (Å²) in [6.45, 7) is 3.28. The van der Waals surface area contributed by atoms with Gasteiger partial charge in [-0.15, -0.1) is 0 Å². The zero-order valence-electron chi connectivity index (χ0n) is 19.3. The second-order valence-corrected chi connectivity index (χ2v) is 10.0. The van der Waals surface area contributed by atoms with Gasteiger partial charge in [0.05, 0.1) is 29.4 Å². The Kier molecular flexibility index (Phi) is 7.60. The number of anilines is 1. The molecule has 8 nitrogen and oxygen atoms in total. The van der Waals surface area contributed by atoms with E-state index in [0.717, 1.165) is 5.56 Å². The van der Waals surface area contributed by atoms with E-state index in [1.165, 1.54) is 16.4 Å². The van der Waals surface area contributed by atoms with Crippen molar-refractivity contribution in [3.05, 3.63) is 95.1 Å². The molecule has 3 aromatic rings. The van der Waals surface area contributed by atoms with Gasteiger partial charge in [0.2, 0.25) is 10.0 Å². The Balaban J connectivity index is 1.40. The van der Waals surface area contributed by atoms with E-state index in [9.17, 15) is 18.0 Å². The third-order valence-corrected chi connectivity index (χ3v) is 7.52. The molecule has 35 heavy (non-hydrogen) atoms. The van der Waals surface area contributed by atoms with Crippen LogP contribution in [0.2, 0.25) is 0 Å². The smallest absolute Gasteiger partial charge is 0.340 e. The molecule has 0 unspecified atom stereocenters. The molecule has 0 aliphatic carbocycles. The number of para-hydroxylation sites is 1. The van der Waals surface area contributed by atoms with Gasteiger partial charge in [0.1, 0.15) is 6.61 Å². The fourth-order valence-corrected chi connectivity index (χ4v) is 5.00. The van der Waals surface area contributed by atoms with Gasteiger partial charge in [-0.25, -0.2) is 13.2 Å². The number of carbonyl (C=O) groups is 2. The molecule has 0 radical (unpaired) electrons. The number of hydrogen-bond acceptors (Lipinski definition) is 6. The van der Waals surface area contributed by atoms with E-state index in [1.807, 2.05) is 19.1 Å². The molecule has 1 aliphatic rings. The second-order valence-electron chi connectivity index (χ2n) is 8.10. The normalized spacial score (nSPS) is 14.3. The molecule has 3 aromatic carbocycles. The maximum absolute atomic E-state index is 12.7. The molecule has 9 heteroatoms. The molecule has 0 saturated carbocycles. The molecule has 0 spiro atoms. The Morgan fingerprint density at radius 2 is 1.60 bits per heavy atom. The highest BCUT2D eigenvalue weighted by Gasteiger charge is 2.26. The highest BCUT2D eigenvalue weighted by molar-refractivity contribution is 7.89. The summed E-state index contributed by atoms with van der Waals surface area (Å²) in [6, 6.07) is 20.0. The van der Waals surface area contributed by atoms with Gasteiger partial charge in [-0.1, -0.05) is 42.0 Å². The number of nitrogens with one attached hydrogen (secondary N) is 1. The summed E-state index contributed by atoms with van der Waals surface area (Å²) in [5, 5.41) is 2.76. The summed E-state index contributed by atoms with van der Waals surface area (Å²) in [5.41, 5.74) is 2.72. The Morgan fingerprint density at radius 3 is 2.29 bits per heavy atom. The number of nitrogens with zero attached hydrogens (tertiary/aromatic N) is 1. The van der Waals surface area contributed by atoms with Crippen molar-refractivity contribution in [1.82, 2.24) is 4.31 Å². The average molecular weight is 495 g/mol. The molecule has 182 valence electrons. The van der Waals surface area contributed by atoms with Gasteiger partial charge in [-0.05, 0) is 48.9 Å². The summed E-state index contributed by atoms with van der Waals surface area (Å²) in [5.74, 6) is -0.933. The Bertz CT molecular complexity index is 1300. The van der Waals surface area contributed by atoms with Crippen molar-refractivity contribution < 1.29 is 27.5 Å². The lowest BCUT2D eigenvalue weighted by atomic mass is 10.1. The van der Waals surface area contributed by atoms with Gasteiger partial charge in [-0.2, -0.15) is 4.31 Å². The van der Waals surface area contributed by atoms with Crippen molar-refractivity contribution >= 4 is 27.6 Å². The molecule has 1 N–H and O–H groups in total. The summed E-state index contributed by atoms with van der Waals surface area (Å²) >= 11 is 0. The molecule has 1 fully saturated rings. The molecular weight excluding hydrogens is 468 g/mol. The van der Waals surface area contributed by atoms with Gasteiger partial charge in [0.15, 0.2) is 0 Å². The number of ether oxygens (including phenoxy) is 2. The average Bonchev–Trinajstić information content (AvgIpc) is 2.88. The molecule has 1 amide bonds. The van der Waals surface area contributed by atoms with Crippen LogP contribution in [0.15, 0.2) is 77.7 Å². The van der Waals surface area contributed by atoms with Crippen LogP contribution in [0.1, 0.15) is 31.8 Å². The number of amides is 1. The van der Waals surface area contributed by atoms with E-state index in [-0.39, 0.29) is 23.0 Å². The summed E-state index contributed by atoms with van der Waals surface area (Å²) in [7, 11) is -3.59. The summed E-state index contributed by atoms with van der Waals surface area (Å²) < 4.78 is 37.5. The van der Waals surface area contributed by atoms with E-state index in [1.54, 1.807) is 48.5 Å². The maximum Gasteiger partial charge on any atom is 0.340 e. The number of sulfonamides is 1. The van der Waals surface area contributed by atoms with Crippen molar-refractivity contribution in [3.8, 4) is 0 Å². The van der Waals surface area contributed by atoms with Crippen molar-refractivity contribution in [2.75, 3.05) is 31.6 Å². The first kappa shape index (κ1) is 24.6. The Labute approximate surface area is 204 Å². The number of morpholine rings is 1. The van der Waals surface area contributed by atoms with Crippen LogP contribution in [-0.2, 0) is 26.1 Å². The van der Waals surface area contributed by atoms with Crippen LogP contribution in [0.25, 0.3) is 0 Å². The van der Waals surface area contributed by atoms with Gasteiger partial charge in [0, 0.05) is 18.7 Å². The van der Waals surface area contributed by atoms with Gasteiger partial charge in [-0.3, -0.25) is 4.79 Å². The zero-order chi connectivity index (χ0) is 24.8. The monoisotopic (exact) mass is 494 g/mol. The van der Waals surface area contributed by atoms with Crippen LogP contribution >= 0.6 is 0 Å². The number of aryl methyl sites for hydroxylation is 1. The second kappa shape index (κ2) is 10.8. The molecule has 1 heterocycles. The first-order chi connectivity index (χ1) is 16.8. The molecule has 0 bridgehead atoms. The lowest BCUT2D eigenvalue weighted by molar-refractivity contribution is 0.0474. The first-order valence-electron chi connectivity index (χ1n) is 11.2. The Hall–Kier alpha value is -3.53. The number of benzene rings is 3. The molecule has 0 aromatic heterocycles. The number of esters is 1. The lowest BCUT2D eigenvalue weighted by Crippen LogP contribution is -2.40. The summed E-state index contributed by atoms with van der Waals surface area (Å²) in [4.78, 5) is 25.5. The summed E-state index contributed by atoms with van der Waals surface area (Å²) in [6.07, 6.45) is 0. The van der Waals surface area contributed by atoms with Crippen molar-refractivity contribution in [3.63, 3.8) is 0 Å². The van der Waals surface area contributed by atoms with Crippen molar-refractivity contribution in [2.24, 2.45) is 0 Å². The highest BCUT2D eigenvalue weighted by atomic mass is 32.2. The van der Waals surface area contributed by atoms with Crippen molar-refractivity contribution in [2.45, 2.75) is 18.4 Å². The van der Waals surface area contributed by atoms with E-state index in [2.05, 4.69) is 5.32 Å². The molecular formula is C26H26N2O6S. The van der Waals surface area contributed by atoms with E-state index in [4.69, 9.17) is 9.47 Å².